The van der Waals surface area contributed by atoms with E-state index in [9.17, 15) is 14.4 Å². The number of aliphatic carboxylic acids is 1. The van der Waals surface area contributed by atoms with Gasteiger partial charge >= 0.3 is 5.97 Å². The van der Waals surface area contributed by atoms with Crippen molar-refractivity contribution in [2.24, 2.45) is 0 Å². The van der Waals surface area contributed by atoms with Crippen LogP contribution in [0.5, 0.6) is 0 Å². The van der Waals surface area contributed by atoms with E-state index < -0.39 is 5.97 Å². The maximum absolute atomic E-state index is 12.1. The highest BCUT2D eigenvalue weighted by atomic mass is 32.2. The van der Waals surface area contributed by atoms with Gasteiger partial charge in [0.2, 0.25) is 11.8 Å². The van der Waals surface area contributed by atoms with Gasteiger partial charge in [-0.05, 0) is 0 Å². The van der Waals surface area contributed by atoms with Crippen LogP contribution in [0.25, 0.3) is 0 Å². The summed E-state index contributed by atoms with van der Waals surface area (Å²) in [5.41, 5.74) is 0. The monoisotopic (exact) mass is 301 g/mol. The molecular formula is C12H19N3O4S. The van der Waals surface area contributed by atoms with Crippen LogP contribution in [0.1, 0.15) is 6.42 Å². The van der Waals surface area contributed by atoms with E-state index in [0.717, 1.165) is 0 Å². The molecule has 0 unspecified atom stereocenters. The number of carbonyl (C=O) groups excluding carboxylic acids is 2. The number of carbonyl (C=O) groups is 3. The number of hydrogen-bond donors (Lipinski definition) is 1. The van der Waals surface area contributed by atoms with Crippen LogP contribution >= 0.6 is 11.8 Å². The summed E-state index contributed by atoms with van der Waals surface area (Å²) < 4.78 is 0. The molecule has 2 saturated heterocycles. The van der Waals surface area contributed by atoms with Crippen molar-refractivity contribution >= 4 is 29.5 Å². The Morgan fingerprint density at radius 1 is 1.20 bits per heavy atom. The zero-order chi connectivity index (χ0) is 14.5. The molecule has 1 N–H and O–H groups in total. The Morgan fingerprint density at radius 3 is 2.45 bits per heavy atom. The van der Waals surface area contributed by atoms with Gasteiger partial charge < -0.3 is 14.9 Å². The smallest absolute Gasteiger partial charge is 0.304 e. The third kappa shape index (κ3) is 4.11. The van der Waals surface area contributed by atoms with Crippen LogP contribution in [0, 0.1) is 0 Å². The highest BCUT2D eigenvalue weighted by Crippen LogP contribution is 2.15. The van der Waals surface area contributed by atoms with E-state index in [-0.39, 0.29) is 24.8 Å². The van der Waals surface area contributed by atoms with Crippen LogP contribution in [-0.2, 0) is 14.4 Å². The molecule has 2 amide bonds. The molecule has 20 heavy (non-hydrogen) atoms. The van der Waals surface area contributed by atoms with E-state index in [0.29, 0.717) is 44.4 Å². The molecule has 0 aromatic carbocycles. The number of thioether (sulfide) groups is 1. The zero-order valence-electron chi connectivity index (χ0n) is 11.3. The summed E-state index contributed by atoms with van der Waals surface area (Å²) in [6.45, 7) is 3.30. The fourth-order valence-corrected chi connectivity index (χ4v) is 3.18. The first-order chi connectivity index (χ1) is 9.56. The number of amides is 2. The van der Waals surface area contributed by atoms with Crippen LogP contribution in [0.2, 0.25) is 0 Å². The average molecular weight is 301 g/mol. The molecule has 112 valence electrons. The van der Waals surface area contributed by atoms with Gasteiger partial charge in [0.05, 0.1) is 18.1 Å². The maximum Gasteiger partial charge on any atom is 0.304 e. The molecule has 0 aliphatic carbocycles. The fraction of sp³-hybridized carbons (Fsp3) is 0.750. The normalized spacial score (nSPS) is 20.5. The molecule has 0 spiro atoms. The van der Waals surface area contributed by atoms with Crippen molar-refractivity contribution in [3.05, 3.63) is 0 Å². The van der Waals surface area contributed by atoms with Crippen LogP contribution < -0.4 is 0 Å². The summed E-state index contributed by atoms with van der Waals surface area (Å²) >= 11 is 1.53. The zero-order valence-corrected chi connectivity index (χ0v) is 12.1. The van der Waals surface area contributed by atoms with Gasteiger partial charge in [0.25, 0.3) is 0 Å². The Kier molecular flexibility index (Phi) is 5.24. The third-order valence-electron chi connectivity index (χ3n) is 3.52. The van der Waals surface area contributed by atoms with Crippen LogP contribution in [-0.4, -0.2) is 88.5 Å². The first kappa shape index (κ1) is 15.1. The van der Waals surface area contributed by atoms with Crippen molar-refractivity contribution in [2.75, 3.05) is 50.9 Å². The lowest BCUT2D eigenvalue weighted by Crippen LogP contribution is -2.51. The average Bonchev–Trinajstić information content (AvgIpc) is 2.82. The van der Waals surface area contributed by atoms with Gasteiger partial charge in [-0.15, -0.1) is 11.8 Å². The topological polar surface area (TPSA) is 81.2 Å². The van der Waals surface area contributed by atoms with Gasteiger partial charge in [-0.3, -0.25) is 19.3 Å². The molecule has 0 aromatic rings. The minimum absolute atomic E-state index is 0.0151. The third-order valence-corrected chi connectivity index (χ3v) is 4.46. The second kappa shape index (κ2) is 6.94. The second-order valence-corrected chi connectivity index (χ2v) is 5.89. The molecule has 0 atom stereocenters. The summed E-state index contributed by atoms with van der Waals surface area (Å²) in [4.78, 5) is 39.4. The number of carboxylic acids is 1. The van der Waals surface area contributed by atoms with E-state index >= 15 is 0 Å². The van der Waals surface area contributed by atoms with Crippen molar-refractivity contribution in [3.63, 3.8) is 0 Å². The molecule has 2 rings (SSSR count). The lowest BCUT2D eigenvalue weighted by atomic mass is 10.3. The van der Waals surface area contributed by atoms with Crippen molar-refractivity contribution < 1.29 is 19.5 Å². The SMILES string of the molecule is O=C(O)CCN1CCN(C(=O)CN2CSCC2=O)CC1. The van der Waals surface area contributed by atoms with Gasteiger partial charge in [-0.25, -0.2) is 0 Å². The van der Waals surface area contributed by atoms with Gasteiger partial charge in [0.1, 0.15) is 6.54 Å². The molecule has 2 aliphatic heterocycles. The molecule has 0 bridgehead atoms. The largest absolute Gasteiger partial charge is 0.481 e. The van der Waals surface area contributed by atoms with E-state index in [1.54, 1.807) is 9.80 Å². The number of hydrogen-bond acceptors (Lipinski definition) is 5. The highest BCUT2D eigenvalue weighted by molar-refractivity contribution is 8.00. The summed E-state index contributed by atoms with van der Waals surface area (Å²) in [7, 11) is 0. The summed E-state index contributed by atoms with van der Waals surface area (Å²) in [5.74, 6) is 0.287. The van der Waals surface area contributed by atoms with Gasteiger partial charge in [0, 0.05) is 32.7 Å². The summed E-state index contributed by atoms with van der Waals surface area (Å²) in [5, 5.41) is 8.64. The Balaban J connectivity index is 1.71. The maximum atomic E-state index is 12.1. The first-order valence-electron chi connectivity index (χ1n) is 6.63. The number of carboxylic acid groups (broad SMARTS) is 1. The second-order valence-electron chi connectivity index (χ2n) is 4.94. The van der Waals surface area contributed by atoms with Crippen molar-refractivity contribution in [3.8, 4) is 0 Å². The van der Waals surface area contributed by atoms with E-state index in [2.05, 4.69) is 4.90 Å². The number of rotatable bonds is 5. The molecule has 2 aliphatic rings. The minimum atomic E-state index is -0.798. The molecule has 2 heterocycles. The minimum Gasteiger partial charge on any atom is -0.481 e. The first-order valence-corrected chi connectivity index (χ1v) is 7.79. The van der Waals surface area contributed by atoms with E-state index in [4.69, 9.17) is 5.11 Å². The summed E-state index contributed by atoms with van der Waals surface area (Å²) in [6, 6.07) is 0. The quantitative estimate of drug-likeness (QED) is 0.711. The van der Waals surface area contributed by atoms with E-state index in [1.807, 2.05) is 0 Å². The molecule has 8 heteroatoms. The molecule has 7 nitrogen and oxygen atoms in total. The molecule has 0 saturated carbocycles. The number of piperazine rings is 1. The predicted octanol–water partition coefficient (Wildman–Crippen LogP) is -0.862. The van der Waals surface area contributed by atoms with E-state index in [1.165, 1.54) is 11.8 Å². The van der Waals surface area contributed by atoms with Crippen LogP contribution in [0.4, 0.5) is 0 Å². The Morgan fingerprint density at radius 2 is 1.90 bits per heavy atom. The number of nitrogens with zero attached hydrogens (tertiary/aromatic N) is 3. The Bertz CT molecular complexity index is 396. The molecular weight excluding hydrogens is 282 g/mol. The van der Waals surface area contributed by atoms with Crippen LogP contribution in [0.3, 0.4) is 0 Å². The van der Waals surface area contributed by atoms with Crippen molar-refractivity contribution in [2.45, 2.75) is 6.42 Å². The lowest BCUT2D eigenvalue weighted by molar-refractivity contribution is -0.140. The van der Waals surface area contributed by atoms with Crippen molar-refractivity contribution in [1.82, 2.24) is 14.7 Å². The highest BCUT2D eigenvalue weighted by Gasteiger charge is 2.27. The fourth-order valence-electron chi connectivity index (χ4n) is 2.28. The van der Waals surface area contributed by atoms with Gasteiger partial charge in [-0.2, -0.15) is 0 Å². The van der Waals surface area contributed by atoms with Crippen molar-refractivity contribution in [1.29, 1.82) is 0 Å². The molecule has 2 fully saturated rings. The van der Waals surface area contributed by atoms with Crippen LogP contribution in [0.15, 0.2) is 0 Å². The standard InChI is InChI=1S/C12H19N3O4S/c16-10(7-15-9-20-8-11(15)17)14-5-3-13(4-6-14)2-1-12(18)19/h1-9H2,(H,18,19). The summed E-state index contributed by atoms with van der Waals surface area (Å²) in [6.07, 6.45) is 0.132. The predicted molar refractivity (Wildman–Crippen MR) is 74.3 cm³/mol. The molecule has 0 radical (unpaired) electrons. The lowest BCUT2D eigenvalue weighted by Gasteiger charge is -2.35. The van der Waals surface area contributed by atoms with Gasteiger partial charge in [-0.1, -0.05) is 0 Å². The Hall–Kier alpha value is -1.28. The Labute approximate surface area is 121 Å². The molecule has 0 aromatic heterocycles. The van der Waals surface area contributed by atoms with Gasteiger partial charge in [0.15, 0.2) is 0 Å².